The standard InChI is InChI=1S/C17H30/c1-13-16-10-6-5-9-15(16)11-12-17(13)14-7-3-2-4-8-14/h13-17H,2-12H2,1H3. The lowest BCUT2D eigenvalue weighted by molar-refractivity contribution is 0.0262. The minimum absolute atomic E-state index is 1.05. The van der Waals surface area contributed by atoms with Crippen molar-refractivity contribution < 1.29 is 0 Å². The molecule has 3 aliphatic carbocycles. The van der Waals surface area contributed by atoms with Gasteiger partial charge in [-0.15, -0.1) is 0 Å². The highest BCUT2D eigenvalue weighted by Gasteiger charge is 2.40. The fraction of sp³-hybridized carbons (Fsp3) is 1.00. The molecule has 0 amide bonds. The van der Waals surface area contributed by atoms with Gasteiger partial charge in [0.2, 0.25) is 0 Å². The third kappa shape index (κ3) is 2.42. The topological polar surface area (TPSA) is 0 Å². The van der Waals surface area contributed by atoms with Gasteiger partial charge in [-0.2, -0.15) is 0 Å². The second kappa shape index (κ2) is 5.33. The first-order chi connectivity index (χ1) is 8.36. The van der Waals surface area contributed by atoms with E-state index in [0.29, 0.717) is 0 Å². The third-order valence-electron chi connectivity index (χ3n) is 6.44. The van der Waals surface area contributed by atoms with Gasteiger partial charge < -0.3 is 0 Å². The molecule has 0 heterocycles. The van der Waals surface area contributed by atoms with E-state index in [1.54, 1.807) is 38.5 Å². The summed E-state index contributed by atoms with van der Waals surface area (Å²) in [6, 6.07) is 0. The van der Waals surface area contributed by atoms with Crippen LogP contribution >= 0.6 is 0 Å². The van der Waals surface area contributed by atoms with Crippen LogP contribution in [0, 0.1) is 29.6 Å². The maximum atomic E-state index is 2.61. The van der Waals surface area contributed by atoms with Gasteiger partial charge in [-0.25, -0.2) is 0 Å². The molecule has 0 spiro atoms. The predicted octanol–water partition coefficient (Wildman–Crippen LogP) is 5.42. The van der Waals surface area contributed by atoms with E-state index < -0.39 is 0 Å². The minimum Gasteiger partial charge on any atom is -0.0620 e. The van der Waals surface area contributed by atoms with Crippen molar-refractivity contribution in [2.45, 2.75) is 77.6 Å². The molecule has 3 saturated carbocycles. The normalized spacial score (nSPS) is 44.3. The molecule has 0 aromatic heterocycles. The van der Waals surface area contributed by atoms with Crippen molar-refractivity contribution in [2.24, 2.45) is 29.6 Å². The molecule has 0 nitrogen and oxygen atoms in total. The minimum atomic E-state index is 1.05. The molecule has 4 unspecified atom stereocenters. The van der Waals surface area contributed by atoms with E-state index in [9.17, 15) is 0 Å². The summed E-state index contributed by atoms with van der Waals surface area (Å²) >= 11 is 0. The molecule has 3 fully saturated rings. The summed E-state index contributed by atoms with van der Waals surface area (Å²) in [5, 5.41) is 0. The predicted molar refractivity (Wildman–Crippen MR) is 73.9 cm³/mol. The summed E-state index contributed by atoms with van der Waals surface area (Å²) in [5.74, 6) is 5.51. The Kier molecular flexibility index (Phi) is 3.78. The molecule has 0 aromatic rings. The van der Waals surface area contributed by atoms with Crippen LogP contribution in [0.4, 0.5) is 0 Å². The van der Waals surface area contributed by atoms with E-state index in [1.807, 2.05) is 0 Å². The second-order valence-corrected chi connectivity index (χ2v) is 7.21. The van der Waals surface area contributed by atoms with Gasteiger partial charge in [0.05, 0.1) is 0 Å². The summed E-state index contributed by atoms with van der Waals surface area (Å²) in [5.41, 5.74) is 0. The lowest BCUT2D eigenvalue weighted by Gasteiger charge is -2.47. The van der Waals surface area contributed by atoms with Crippen molar-refractivity contribution in [1.82, 2.24) is 0 Å². The summed E-state index contributed by atoms with van der Waals surface area (Å²) in [6.07, 6.45) is 17.0. The van der Waals surface area contributed by atoms with Crippen LogP contribution in [0.3, 0.4) is 0 Å². The number of hydrogen-bond donors (Lipinski definition) is 0. The fourth-order valence-electron chi connectivity index (χ4n) is 5.50. The average molecular weight is 234 g/mol. The van der Waals surface area contributed by atoms with Crippen LogP contribution in [0.5, 0.6) is 0 Å². The van der Waals surface area contributed by atoms with Crippen molar-refractivity contribution >= 4 is 0 Å². The van der Waals surface area contributed by atoms with Crippen LogP contribution in [0.1, 0.15) is 77.6 Å². The number of fused-ring (bicyclic) bond motifs is 1. The first-order valence-corrected chi connectivity index (χ1v) is 8.36. The zero-order chi connectivity index (χ0) is 11.7. The van der Waals surface area contributed by atoms with Gasteiger partial charge in [0.15, 0.2) is 0 Å². The van der Waals surface area contributed by atoms with Gasteiger partial charge in [-0.05, 0) is 48.9 Å². The van der Waals surface area contributed by atoms with Gasteiger partial charge in [0, 0.05) is 0 Å². The largest absolute Gasteiger partial charge is 0.0620 e. The van der Waals surface area contributed by atoms with Crippen molar-refractivity contribution in [1.29, 1.82) is 0 Å². The molecule has 4 atom stereocenters. The van der Waals surface area contributed by atoms with E-state index in [1.165, 1.54) is 32.1 Å². The van der Waals surface area contributed by atoms with Crippen LogP contribution in [0.15, 0.2) is 0 Å². The molecule has 98 valence electrons. The monoisotopic (exact) mass is 234 g/mol. The van der Waals surface area contributed by atoms with Gasteiger partial charge in [-0.3, -0.25) is 0 Å². The Bertz CT molecular complexity index is 238. The quantitative estimate of drug-likeness (QED) is 0.568. The van der Waals surface area contributed by atoms with Crippen molar-refractivity contribution in [3.8, 4) is 0 Å². The van der Waals surface area contributed by atoms with Crippen LogP contribution in [0.2, 0.25) is 0 Å². The Morgan fingerprint density at radius 3 is 1.82 bits per heavy atom. The van der Waals surface area contributed by atoms with Crippen LogP contribution in [-0.4, -0.2) is 0 Å². The molecule has 3 aliphatic rings. The SMILES string of the molecule is CC1C2CCCCC2CCC1C1CCCCC1. The Hall–Kier alpha value is 0. The highest BCUT2D eigenvalue weighted by atomic mass is 14.5. The Balaban J connectivity index is 1.65. The van der Waals surface area contributed by atoms with E-state index in [-0.39, 0.29) is 0 Å². The van der Waals surface area contributed by atoms with E-state index in [0.717, 1.165) is 29.6 Å². The smallest absolute Gasteiger partial charge is 0.0357 e. The molecular weight excluding hydrogens is 204 g/mol. The zero-order valence-electron chi connectivity index (χ0n) is 11.7. The van der Waals surface area contributed by atoms with Gasteiger partial charge in [-0.1, -0.05) is 58.3 Å². The molecule has 0 aliphatic heterocycles. The summed E-state index contributed by atoms with van der Waals surface area (Å²) in [4.78, 5) is 0. The molecule has 0 N–H and O–H groups in total. The molecule has 0 bridgehead atoms. The summed E-state index contributed by atoms with van der Waals surface area (Å²) < 4.78 is 0. The second-order valence-electron chi connectivity index (χ2n) is 7.21. The van der Waals surface area contributed by atoms with Gasteiger partial charge >= 0.3 is 0 Å². The summed E-state index contributed by atoms with van der Waals surface area (Å²) in [6.45, 7) is 2.61. The van der Waals surface area contributed by atoms with Crippen molar-refractivity contribution in [2.75, 3.05) is 0 Å². The first-order valence-electron chi connectivity index (χ1n) is 8.36. The lowest BCUT2D eigenvalue weighted by atomic mass is 9.58. The van der Waals surface area contributed by atoms with Gasteiger partial charge in [0.1, 0.15) is 0 Å². The van der Waals surface area contributed by atoms with Crippen LogP contribution < -0.4 is 0 Å². The Labute approximate surface area is 108 Å². The maximum Gasteiger partial charge on any atom is -0.0357 e. The molecule has 3 rings (SSSR count). The van der Waals surface area contributed by atoms with Crippen molar-refractivity contribution in [3.05, 3.63) is 0 Å². The maximum absolute atomic E-state index is 2.61. The zero-order valence-corrected chi connectivity index (χ0v) is 11.7. The number of rotatable bonds is 1. The van der Waals surface area contributed by atoms with Crippen LogP contribution in [0.25, 0.3) is 0 Å². The molecule has 0 aromatic carbocycles. The van der Waals surface area contributed by atoms with Crippen molar-refractivity contribution in [3.63, 3.8) is 0 Å². The fourth-order valence-corrected chi connectivity index (χ4v) is 5.50. The molecule has 0 radical (unpaired) electrons. The molecule has 17 heavy (non-hydrogen) atoms. The highest BCUT2D eigenvalue weighted by Crippen LogP contribution is 2.50. The Morgan fingerprint density at radius 2 is 1.06 bits per heavy atom. The number of hydrogen-bond acceptors (Lipinski definition) is 0. The van der Waals surface area contributed by atoms with E-state index >= 15 is 0 Å². The lowest BCUT2D eigenvalue weighted by Crippen LogP contribution is -2.38. The Morgan fingerprint density at radius 1 is 0.529 bits per heavy atom. The molecule has 0 saturated heterocycles. The molecule has 0 heteroatoms. The molecular formula is C17H30. The highest BCUT2D eigenvalue weighted by molar-refractivity contribution is 4.90. The third-order valence-corrected chi connectivity index (χ3v) is 6.44. The van der Waals surface area contributed by atoms with E-state index in [4.69, 9.17) is 0 Å². The van der Waals surface area contributed by atoms with Gasteiger partial charge in [0.25, 0.3) is 0 Å². The van der Waals surface area contributed by atoms with E-state index in [2.05, 4.69) is 6.92 Å². The van der Waals surface area contributed by atoms with Crippen LogP contribution in [-0.2, 0) is 0 Å². The summed E-state index contributed by atoms with van der Waals surface area (Å²) in [7, 11) is 0. The first kappa shape index (κ1) is 12.1. The average Bonchev–Trinajstić information content (AvgIpc) is 2.40.